The molecule has 0 saturated heterocycles. The summed E-state index contributed by atoms with van der Waals surface area (Å²) in [6, 6.07) is 13.5. The molecule has 0 bridgehead atoms. The van der Waals surface area contributed by atoms with Crippen molar-refractivity contribution in [1.82, 2.24) is 5.32 Å². The molecule has 0 amide bonds. The lowest BCUT2D eigenvalue weighted by Crippen LogP contribution is -2.14. The van der Waals surface area contributed by atoms with Crippen LogP contribution in [0.4, 0.5) is 8.78 Å². The maximum Gasteiger partial charge on any atom is 0.387 e. The van der Waals surface area contributed by atoms with Gasteiger partial charge in [-0.1, -0.05) is 30.3 Å². The van der Waals surface area contributed by atoms with E-state index in [1.165, 1.54) is 6.07 Å². The lowest BCUT2D eigenvalue weighted by molar-refractivity contribution is -0.0505. The number of phenols is 1. The molecule has 0 saturated carbocycles. The van der Waals surface area contributed by atoms with Crippen LogP contribution in [0.2, 0.25) is 0 Å². The SMILES string of the molecule is Oc1cccc(CNCc2ccccc2OC(F)F)c1. The number of nitrogens with one attached hydrogen (secondary N) is 1. The molecule has 106 valence electrons. The van der Waals surface area contributed by atoms with Crippen molar-refractivity contribution in [2.45, 2.75) is 19.7 Å². The number of alkyl halides is 2. The Balaban J connectivity index is 1.94. The van der Waals surface area contributed by atoms with Crippen molar-refractivity contribution in [2.24, 2.45) is 0 Å². The lowest BCUT2D eigenvalue weighted by Gasteiger charge is -2.11. The number of aromatic hydroxyl groups is 1. The van der Waals surface area contributed by atoms with Crippen LogP contribution in [0.25, 0.3) is 0 Å². The van der Waals surface area contributed by atoms with E-state index in [9.17, 15) is 13.9 Å². The average Bonchev–Trinajstić information content (AvgIpc) is 2.40. The first-order valence-corrected chi connectivity index (χ1v) is 6.16. The van der Waals surface area contributed by atoms with Crippen LogP contribution >= 0.6 is 0 Å². The zero-order chi connectivity index (χ0) is 14.4. The highest BCUT2D eigenvalue weighted by atomic mass is 19.3. The van der Waals surface area contributed by atoms with Gasteiger partial charge < -0.3 is 15.2 Å². The first kappa shape index (κ1) is 14.3. The van der Waals surface area contributed by atoms with Gasteiger partial charge in [0, 0.05) is 18.7 Å². The summed E-state index contributed by atoms with van der Waals surface area (Å²) in [6.07, 6.45) is 0. The van der Waals surface area contributed by atoms with E-state index in [4.69, 9.17) is 0 Å². The van der Waals surface area contributed by atoms with Crippen LogP contribution in [0, 0.1) is 0 Å². The van der Waals surface area contributed by atoms with Gasteiger partial charge in [0.2, 0.25) is 0 Å². The molecule has 2 N–H and O–H groups in total. The number of halogens is 2. The van der Waals surface area contributed by atoms with Gasteiger partial charge in [-0.25, -0.2) is 0 Å². The molecule has 0 aromatic heterocycles. The number of para-hydroxylation sites is 1. The number of hydrogen-bond donors (Lipinski definition) is 2. The maximum absolute atomic E-state index is 12.3. The zero-order valence-corrected chi connectivity index (χ0v) is 10.7. The standard InChI is InChI=1S/C15H15F2NO2/c16-15(17)20-14-7-2-1-5-12(14)10-18-9-11-4-3-6-13(19)8-11/h1-8,15,18-19H,9-10H2. The monoisotopic (exact) mass is 279 g/mol. The molecule has 2 aromatic rings. The Kier molecular flexibility index (Phi) is 4.90. The molecule has 0 radical (unpaired) electrons. The first-order chi connectivity index (χ1) is 9.65. The number of benzene rings is 2. The van der Waals surface area contributed by atoms with Crippen LogP contribution in [0.15, 0.2) is 48.5 Å². The van der Waals surface area contributed by atoms with Crippen molar-refractivity contribution in [3.8, 4) is 11.5 Å². The Hall–Kier alpha value is -2.14. The normalized spacial score (nSPS) is 10.8. The highest BCUT2D eigenvalue weighted by Gasteiger charge is 2.08. The fourth-order valence-electron chi connectivity index (χ4n) is 1.87. The summed E-state index contributed by atoms with van der Waals surface area (Å²) in [5.74, 6) is 0.372. The van der Waals surface area contributed by atoms with Crippen LogP contribution < -0.4 is 10.1 Å². The molecule has 0 spiro atoms. The fourth-order valence-corrected chi connectivity index (χ4v) is 1.87. The molecule has 3 nitrogen and oxygen atoms in total. The van der Waals surface area contributed by atoms with E-state index in [2.05, 4.69) is 10.1 Å². The summed E-state index contributed by atoms with van der Waals surface area (Å²) in [7, 11) is 0. The van der Waals surface area contributed by atoms with Crippen molar-refractivity contribution in [2.75, 3.05) is 0 Å². The summed E-state index contributed by atoms with van der Waals surface area (Å²) in [4.78, 5) is 0. The summed E-state index contributed by atoms with van der Waals surface area (Å²) in [5, 5.41) is 12.5. The molecule has 0 aliphatic rings. The van der Waals surface area contributed by atoms with E-state index in [0.717, 1.165) is 5.56 Å². The summed E-state index contributed by atoms with van der Waals surface area (Å²) in [5.41, 5.74) is 1.57. The molecule has 0 atom stereocenters. The molecule has 0 heterocycles. The van der Waals surface area contributed by atoms with Gasteiger partial charge in [0.15, 0.2) is 0 Å². The largest absolute Gasteiger partial charge is 0.508 e. The lowest BCUT2D eigenvalue weighted by atomic mass is 10.2. The third-order valence-corrected chi connectivity index (χ3v) is 2.74. The van der Waals surface area contributed by atoms with Crippen LogP contribution in [-0.2, 0) is 13.1 Å². The van der Waals surface area contributed by atoms with Gasteiger partial charge in [0.05, 0.1) is 0 Å². The molecule has 2 aromatic carbocycles. The molecule has 0 fully saturated rings. The van der Waals surface area contributed by atoms with Crippen molar-refractivity contribution in [3.63, 3.8) is 0 Å². The number of rotatable bonds is 6. The van der Waals surface area contributed by atoms with E-state index in [1.54, 1.807) is 36.4 Å². The van der Waals surface area contributed by atoms with Crippen molar-refractivity contribution >= 4 is 0 Å². The summed E-state index contributed by atoms with van der Waals surface area (Å²) in [6.45, 7) is -1.90. The van der Waals surface area contributed by atoms with Crippen LogP contribution in [0.3, 0.4) is 0 Å². The predicted octanol–water partition coefficient (Wildman–Crippen LogP) is 3.28. The zero-order valence-electron chi connectivity index (χ0n) is 10.7. The van der Waals surface area contributed by atoms with E-state index >= 15 is 0 Å². The molecule has 2 rings (SSSR count). The molecular formula is C15H15F2NO2. The topological polar surface area (TPSA) is 41.5 Å². The van der Waals surface area contributed by atoms with Gasteiger partial charge >= 0.3 is 6.61 Å². The molecular weight excluding hydrogens is 264 g/mol. The Labute approximate surface area is 115 Å². The molecule has 0 aliphatic carbocycles. The van der Waals surface area contributed by atoms with Crippen LogP contribution in [0.5, 0.6) is 11.5 Å². The first-order valence-electron chi connectivity index (χ1n) is 6.16. The molecule has 20 heavy (non-hydrogen) atoms. The Morgan fingerprint density at radius 2 is 1.85 bits per heavy atom. The molecule has 5 heteroatoms. The van der Waals surface area contributed by atoms with Gasteiger partial charge in [-0.3, -0.25) is 0 Å². The number of hydrogen-bond acceptors (Lipinski definition) is 3. The smallest absolute Gasteiger partial charge is 0.387 e. The highest BCUT2D eigenvalue weighted by molar-refractivity contribution is 5.33. The van der Waals surface area contributed by atoms with Crippen molar-refractivity contribution < 1.29 is 18.6 Å². The Morgan fingerprint density at radius 3 is 2.60 bits per heavy atom. The fraction of sp³-hybridized carbons (Fsp3) is 0.200. The second-order valence-corrected chi connectivity index (χ2v) is 4.26. The van der Waals surface area contributed by atoms with Gasteiger partial charge in [-0.15, -0.1) is 0 Å². The third kappa shape index (κ3) is 4.20. The van der Waals surface area contributed by atoms with Crippen molar-refractivity contribution in [3.05, 3.63) is 59.7 Å². The Morgan fingerprint density at radius 1 is 1.05 bits per heavy atom. The van der Waals surface area contributed by atoms with Crippen LogP contribution in [0.1, 0.15) is 11.1 Å². The average molecular weight is 279 g/mol. The van der Waals surface area contributed by atoms with E-state index < -0.39 is 6.61 Å². The summed E-state index contributed by atoms with van der Waals surface area (Å²) < 4.78 is 29.0. The minimum Gasteiger partial charge on any atom is -0.508 e. The minimum absolute atomic E-state index is 0.172. The van der Waals surface area contributed by atoms with Gasteiger partial charge in [-0.2, -0.15) is 8.78 Å². The molecule has 0 aliphatic heterocycles. The van der Waals surface area contributed by atoms with Crippen molar-refractivity contribution in [1.29, 1.82) is 0 Å². The predicted molar refractivity (Wildman–Crippen MR) is 71.7 cm³/mol. The Bertz CT molecular complexity index is 561. The second-order valence-electron chi connectivity index (χ2n) is 4.26. The highest BCUT2D eigenvalue weighted by Crippen LogP contribution is 2.20. The van der Waals surface area contributed by atoms with E-state index in [-0.39, 0.29) is 11.5 Å². The third-order valence-electron chi connectivity index (χ3n) is 2.74. The number of phenolic OH excluding ortho intramolecular Hbond substituents is 1. The van der Waals surface area contributed by atoms with Crippen LogP contribution in [-0.4, -0.2) is 11.7 Å². The van der Waals surface area contributed by atoms with E-state index in [0.29, 0.717) is 18.7 Å². The quantitative estimate of drug-likeness (QED) is 0.852. The number of ether oxygens (including phenoxy) is 1. The van der Waals surface area contributed by atoms with Gasteiger partial charge in [0.1, 0.15) is 11.5 Å². The molecule has 0 unspecified atom stereocenters. The van der Waals surface area contributed by atoms with Gasteiger partial charge in [-0.05, 0) is 23.8 Å². The summed E-state index contributed by atoms with van der Waals surface area (Å²) >= 11 is 0. The van der Waals surface area contributed by atoms with Gasteiger partial charge in [0.25, 0.3) is 0 Å². The maximum atomic E-state index is 12.3. The van der Waals surface area contributed by atoms with E-state index in [1.807, 2.05) is 6.07 Å². The second kappa shape index (κ2) is 6.86. The minimum atomic E-state index is -2.83.